The molecule has 0 saturated heterocycles. The molecular formula is C26H36N2O2. The maximum atomic E-state index is 6.08. The summed E-state index contributed by atoms with van der Waals surface area (Å²) in [5, 5.41) is 1.31. The number of hydrogen-bond acceptors (Lipinski definition) is 3. The number of para-hydroxylation sites is 1. The van der Waals surface area contributed by atoms with Gasteiger partial charge in [0.05, 0.1) is 24.5 Å². The van der Waals surface area contributed by atoms with Crippen LogP contribution in [0.25, 0.3) is 10.9 Å². The predicted octanol–water partition coefficient (Wildman–Crippen LogP) is 6.30. The molecule has 2 heterocycles. The average Bonchev–Trinajstić information content (AvgIpc) is 3.13. The third-order valence-corrected chi connectivity index (χ3v) is 6.06. The van der Waals surface area contributed by atoms with Gasteiger partial charge in [0.15, 0.2) is 0 Å². The molecule has 0 aliphatic heterocycles. The Morgan fingerprint density at radius 2 is 1.80 bits per heavy atom. The minimum atomic E-state index is -0.00808. The molecule has 0 aliphatic rings. The molecule has 3 rings (SSSR count). The fourth-order valence-corrected chi connectivity index (χ4v) is 3.80. The summed E-state index contributed by atoms with van der Waals surface area (Å²) in [5.41, 5.74) is 3.79. The van der Waals surface area contributed by atoms with Crippen LogP contribution in [0.15, 0.2) is 54.7 Å². The normalized spacial score (nSPS) is 14.2. The average molecular weight is 409 g/mol. The highest BCUT2D eigenvalue weighted by molar-refractivity contribution is 5.81. The van der Waals surface area contributed by atoms with Crippen molar-refractivity contribution in [3.05, 3.63) is 66.1 Å². The van der Waals surface area contributed by atoms with Crippen molar-refractivity contribution >= 4 is 10.9 Å². The van der Waals surface area contributed by atoms with Crippen molar-refractivity contribution in [2.75, 3.05) is 13.2 Å². The molecule has 0 radical (unpaired) electrons. The minimum Gasteiger partial charge on any atom is -0.379 e. The topological polar surface area (TPSA) is 36.3 Å². The molecule has 2 atom stereocenters. The van der Waals surface area contributed by atoms with Gasteiger partial charge in [-0.1, -0.05) is 45.0 Å². The fourth-order valence-electron chi connectivity index (χ4n) is 3.80. The first-order chi connectivity index (χ1) is 14.4. The van der Waals surface area contributed by atoms with Crippen LogP contribution in [0, 0.1) is 0 Å². The van der Waals surface area contributed by atoms with E-state index in [1.165, 1.54) is 16.6 Å². The summed E-state index contributed by atoms with van der Waals surface area (Å²) in [4.78, 5) is 4.37. The molecule has 162 valence electrons. The third-order valence-electron chi connectivity index (χ3n) is 6.06. The van der Waals surface area contributed by atoms with Gasteiger partial charge in [0.1, 0.15) is 0 Å². The van der Waals surface area contributed by atoms with Gasteiger partial charge in [-0.05, 0) is 56.3 Å². The minimum absolute atomic E-state index is 0.00808. The Morgan fingerprint density at radius 1 is 1.03 bits per heavy atom. The van der Waals surface area contributed by atoms with E-state index in [0.717, 1.165) is 25.1 Å². The Morgan fingerprint density at radius 3 is 2.53 bits per heavy atom. The lowest BCUT2D eigenvalue weighted by Gasteiger charge is -2.25. The Bertz CT molecular complexity index is 917. The van der Waals surface area contributed by atoms with Gasteiger partial charge in [0, 0.05) is 36.0 Å². The zero-order valence-corrected chi connectivity index (χ0v) is 19.1. The SMILES string of the molecule is CCC(C)(C)c1cc2ccccc2n1CCOCCC(C)OC(C)c1ccccn1. The number of nitrogens with zero attached hydrogens (tertiary/aromatic N) is 2. The number of benzene rings is 1. The summed E-state index contributed by atoms with van der Waals surface area (Å²) in [6, 6.07) is 16.9. The second-order valence-electron chi connectivity index (χ2n) is 8.72. The highest BCUT2D eigenvalue weighted by Gasteiger charge is 2.23. The Kier molecular flexibility index (Phi) is 7.68. The lowest BCUT2D eigenvalue weighted by atomic mass is 9.86. The van der Waals surface area contributed by atoms with E-state index in [9.17, 15) is 0 Å². The van der Waals surface area contributed by atoms with Crippen LogP contribution in [0.5, 0.6) is 0 Å². The third kappa shape index (κ3) is 5.50. The van der Waals surface area contributed by atoms with Gasteiger partial charge in [-0.15, -0.1) is 0 Å². The van der Waals surface area contributed by atoms with Crippen LogP contribution in [-0.2, 0) is 21.4 Å². The van der Waals surface area contributed by atoms with Crippen LogP contribution >= 0.6 is 0 Å². The summed E-state index contributed by atoms with van der Waals surface area (Å²) in [6.45, 7) is 13.3. The van der Waals surface area contributed by atoms with Crippen molar-refractivity contribution in [1.29, 1.82) is 0 Å². The molecule has 0 N–H and O–H groups in total. The van der Waals surface area contributed by atoms with Gasteiger partial charge in [0.25, 0.3) is 0 Å². The van der Waals surface area contributed by atoms with E-state index in [-0.39, 0.29) is 17.6 Å². The van der Waals surface area contributed by atoms with Gasteiger partial charge in [-0.2, -0.15) is 0 Å². The Labute approximate surface area is 181 Å². The molecule has 2 aromatic heterocycles. The second kappa shape index (κ2) is 10.2. The lowest BCUT2D eigenvalue weighted by Crippen LogP contribution is -2.22. The van der Waals surface area contributed by atoms with Crippen molar-refractivity contribution in [3.8, 4) is 0 Å². The molecule has 0 bridgehead atoms. The summed E-state index contributed by atoms with van der Waals surface area (Å²) in [5.74, 6) is 0. The lowest BCUT2D eigenvalue weighted by molar-refractivity contribution is -0.0153. The maximum Gasteiger partial charge on any atom is 0.0970 e. The van der Waals surface area contributed by atoms with Crippen molar-refractivity contribution in [1.82, 2.24) is 9.55 Å². The number of fused-ring (bicyclic) bond motifs is 1. The standard InChI is InChI=1S/C26H36N2O2/c1-6-26(4,5)25-19-22-11-7-8-13-24(22)28(25)16-18-29-17-14-20(2)30-21(3)23-12-9-10-15-27-23/h7-13,15,19-21H,6,14,16-18H2,1-5H3. The maximum absolute atomic E-state index is 6.08. The number of aromatic nitrogens is 2. The zero-order chi connectivity index (χ0) is 21.6. The van der Waals surface area contributed by atoms with Crippen molar-refractivity contribution in [2.45, 2.75) is 71.6 Å². The van der Waals surface area contributed by atoms with Gasteiger partial charge < -0.3 is 14.0 Å². The quantitative estimate of drug-likeness (QED) is 0.349. The molecule has 0 spiro atoms. The number of hydrogen-bond donors (Lipinski definition) is 0. The molecular weight excluding hydrogens is 372 g/mol. The summed E-state index contributed by atoms with van der Waals surface area (Å²) < 4.78 is 14.5. The van der Waals surface area contributed by atoms with Gasteiger partial charge in [-0.3, -0.25) is 4.98 Å². The molecule has 1 aromatic carbocycles. The van der Waals surface area contributed by atoms with Crippen LogP contribution in [0.2, 0.25) is 0 Å². The molecule has 4 nitrogen and oxygen atoms in total. The van der Waals surface area contributed by atoms with Crippen LogP contribution in [0.1, 0.15) is 65.0 Å². The predicted molar refractivity (Wildman–Crippen MR) is 124 cm³/mol. The molecule has 0 aliphatic carbocycles. The molecule has 0 fully saturated rings. The van der Waals surface area contributed by atoms with Crippen LogP contribution in [0.3, 0.4) is 0 Å². The largest absolute Gasteiger partial charge is 0.379 e. The monoisotopic (exact) mass is 408 g/mol. The summed E-state index contributed by atoms with van der Waals surface area (Å²) in [6.07, 6.45) is 3.90. The number of ether oxygens (including phenoxy) is 2. The van der Waals surface area contributed by atoms with Crippen molar-refractivity contribution in [3.63, 3.8) is 0 Å². The first-order valence-electron chi connectivity index (χ1n) is 11.1. The van der Waals surface area contributed by atoms with Gasteiger partial charge in [0.2, 0.25) is 0 Å². The molecule has 30 heavy (non-hydrogen) atoms. The fraction of sp³-hybridized carbons (Fsp3) is 0.500. The molecule has 0 saturated carbocycles. The van der Waals surface area contributed by atoms with E-state index < -0.39 is 0 Å². The first-order valence-corrected chi connectivity index (χ1v) is 11.1. The van der Waals surface area contributed by atoms with Crippen LogP contribution < -0.4 is 0 Å². The van der Waals surface area contributed by atoms with Crippen LogP contribution in [0.4, 0.5) is 0 Å². The van der Waals surface area contributed by atoms with Crippen molar-refractivity contribution < 1.29 is 9.47 Å². The molecule has 3 aromatic rings. The summed E-state index contributed by atoms with van der Waals surface area (Å²) in [7, 11) is 0. The van der Waals surface area contributed by atoms with E-state index >= 15 is 0 Å². The zero-order valence-electron chi connectivity index (χ0n) is 19.1. The smallest absolute Gasteiger partial charge is 0.0970 e. The number of pyridine rings is 1. The van der Waals surface area contributed by atoms with Gasteiger partial charge in [-0.25, -0.2) is 0 Å². The van der Waals surface area contributed by atoms with E-state index in [4.69, 9.17) is 9.47 Å². The van der Waals surface area contributed by atoms with E-state index in [1.807, 2.05) is 31.3 Å². The van der Waals surface area contributed by atoms with E-state index in [1.54, 1.807) is 0 Å². The van der Waals surface area contributed by atoms with Crippen molar-refractivity contribution in [2.24, 2.45) is 0 Å². The van der Waals surface area contributed by atoms with Crippen LogP contribution in [-0.4, -0.2) is 28.9 Å². The molecule has 0 amide bonds. The van der Waals surface area contributed by atoms with Gasteiger partial charge >= 0.3 is 0 Å². The molecule has 4 heteroatoms. The Hall–Kier alpha value is -2.17. The van der Waals surface area contributed by atoms with E-state index in [0.29, 0.717) is 13.2 Å². The highest BCUT2D eigenvalue weighted by atomic mass is 16.5. The molecule has 2 unspecified atom stereocenters. The first kappa shape index (κ1) is 22.5. The summed E-state index contributed by atoms with van der Waals surface area (Å²) >= 11 is 0. The number of rotatable bonds is 11. The highest BCUT2D eigenvalue weighted by Crippen LogP contribution is 2.32. The second-order valence-corrected chi connectivity index (χ2v) is 8.72. The Balaban J connectivity index is 1.51. The van der Waals surface area contributed by atoms with E-state index in [2.05, 4.69) is 67.6 Å².